The van der Waals surface area contributed by atoms with Crippen molar-refractivity contribution >= 4 is 29.2 Å². The van der Waals surface area contributed by atoms with Crippen LogP contribution in [0.1, 0.15) is 15.9 Å². The van der Waals surface area contributed by atoms with E-state index in [1.807, 2.05) is 43.3 Å². The zero-order chi connectivity index (χ0) is 19.3. The largest absolute Gasteiger partial charge is 0.452 e. The topological polar surface area (TPSA) is 58.6 Å². The van der Waals surface area contributed by atoms with E-state index in [2.05, 4.69) is 5.32 Å². The second-order valence-electron chi connectivity index (χ2n) is 5.66. The van der Waals surface area contributed by atoms with Gasteiger partial charge in [-0.25, -0.2) is 13.6 Å². The Labute approximate surface area is 154 Å². The van der Waals surface area contributed by atoms with E-state index in [9.17, 15) is 18.4 Å². The molecular formula is C18H17ClF2N2O3. The fourth-order valence-electron chi connectivity index (χ4n) is 2.05. The Bertz CT molecular complexity index is 811. The number of rotatable bonds is 6. The molecule has 0 aromatic heterocycles. The van der Waals surface area contributed by atoms with Gasteiger partial charge in [0, 0.05) is 26.3 Å². The van der Waals surface area contributed by atoms with Crippen LogP contribution in [0.15, 0.2) is 36.4 Å². The molecule has 2 aromatic rings. The van der Waals surface area contributed by atoms with Gasteiger partial charge < -0.3 is 15.0 Å². The molecule has 0 aliphatic heterocycles. The molecule has 0 fully saturated rings. The highest BCUT2D eigenvalue weighted by molar-refractivity contribution is 6.33. The van der Waals surface area contributed by atoms with Crippen molar-refractivity contribution in [3.63, 3.8) is 0 Å². The van der Waals surface area contributed by atoms with Crippen LogP contribution in [0.5, 0.6) is 0 Å². The van der Waals surface area contributed by atoms with Crippen molar-refractivity contribution in [2.24, 2.45) is 0 Å². The van der Waals surface area contributed by atoms with E-state index < -0.39 is 30.1 Å². The smallest absolute Gasteiger partial charge is 0.340 e. The third-order valence-corrected chi connectivity index (χ3v) is 3.82. The Kier molecular flexibility index (Phi) is 6.52. The predicted molar refractivity (Wildman–Crippen MR) is 94.3 cm³/mol. The molecule has 138 valence electrons. The molecule has 0 saturated heterocycles. The third kappa shape index (κ3) is 5.16. The van der Waals surface area contributed by atoms with Gasteiger partial charge in [0.2, 0.25) is 0 Å². The Morgan fingerprint density at radius 2 is 1.73 bits per heavy atom. The maximum Gasteiger partial charge on any atom is 0.340 e. The zero-order valence-electron chi connectivity index (χ0n) is 14.2. The van der Waals surface area contributed by atoms with Crippen molar-refractivity contribution in [2.75, 3.05) is 25.6 Å². The lowest BCUT2D eigenvalue weighted by molar-refractivity contribution is -0.124. The molecular weight excluding hydrogens is 366 g/mol. The number of hydrogen-bond acceptors (Lipinski definition) is 4. The molecule has 0 heterocycles. The predicted octanol–water partition coefficient (Wildman–Crippen LogP) is 3.16. The standard InChI is InChI=1S/C18H17ClF2N2O3/c1-23(2)12-5-3-11(4-6-12)9-22-17(24)10-26-18(25)13-7-15(20)16(21)8-14(13)19/h3-8H,9-10H2,1-2H3,(H,22,24). The van der Waals surface area contributed by atoms with Gasteiger partial charge in [0.1, 0.15) is 0 Å². The number of anilines is 1. The van der Waals surface area contributed by atoms with E-state index in [4.69, 9.17) is 16.3 Å². The number of carbonyl (C=O) groups excluding carboxylic acids is 2. The average Bonchev–Trinajstić information content (AvgIpc) is 2.61. The quantitative estimate of drug-likeness (QED) is 0.616. The molecule has 5 nitrogen and oxygen atoms in total. The molecule has 8 heteroatoms. The number of esters is 1. The molecule has 1 N–H and O–H groups in total. The molecule has 0 aliphatic carbocycles. The van der Waals surface area contributed by atoms with Crippen molar-refractivity contribution in [2.45, 2.75) is 6.54 Å². The lowest BCUT2D eigenvalue weighted by Crippen LogP contribution is -2.28. The van der Waals surface area contributed by atoms with Crippen molar-refractivity contribution in [3.8, 4) is 0 Å². The van der Waals surface area contributed by atoms with E-state index in [-0.39, 0.29) is 17.1 Å². The van der Waals surface area contributed by atoms with Gasteiger partial charge in [-0.2, -0.15) is 0 Å². The first kappa shape index (κ1) is 19.7. The van der Waals surface area contributed by atoms with Crippen LogP contribution in [0, 0.1) is 11.6 Å². The number of halogens is 3. The fourth-order valence-corrected chi connectivity index (χ4v) is 2.28. The van der Waals surface area contributed by atoms with E-state index in [1.165, 1.54) is 0 Å². The van der Waals surface area contributed by atoms with E-state index in [1.54, 1.807) is 0 Å². The Morgan fingerprint density at radius 1 is 1.12 bits per heavy atom. The van der Waals surface area contributed by atoms with Gasteiger partial charge in [0.25, 0.3) is 5.91 Å². The van der Waals surface area contributed by atoms with Gasteiger partial charge in [-0.3, -0.25) is 4.79 Å². The van der Waals surface area contributed by atoms with E-state index in [0.29, 0.717) is 12.1 Å². The first-order chi connectivity index (χ1) is 12.3. The molecule has 2 rings (SSSR count). The van der Waals surface area contributed by atoms with Crippen molar-refractivity contribution < 1.29 is 23.1 Å². The fraction of sp³-hybridized carbons (Fsp3) is 0.222. The molecule has 26 heavy (non-hydrogen) atoms. The highest BCUT2D eigenvalue weighted by atomic mass is 35.5. The summed E-state index contributed by atoms with van der Waals surface area (Å²) < 4.78 is 30.9. The number of amides is 1. The van der Waals surface area contributed by atoms with Crippen molar-refractivity contribution in [3.05, 3.63) is 64.2 Å². The van der Waals surface area contributed by atoms with E-state index >= 15 is 0 Å². The molecule has 0 unspecified atom stereocenters. The zero-order valence-corrected chi connectivity index (χ0v) is 14.9. The summed E-state index contributed by atoms with van der Waals surface area (Å²) in [7, 11) is 3.84. The molecule has 0 saturated carbocycles. The summed E-state index contributed by atoms with van der Waals surface area (Å²) in [4.78, 5) is 25.5. The molecule has 0 atom stereocenters. The number of ether oxygens (including phenoxy) is 1. The summed E-state index contributed by atoms with van der Waals surface area (Å²) >= 11 is 5.68. The normalized spacial score (nSPS) is 10.3. The number of carbonyl (C=O) groups is 2. The first-order valence-corrected chi connectivity index (χ1v) is 8.00. The minimum absolute atomic E-state index is 0.260. The Balaban J connectivity index is 1.85. The van der Waals surface area contributed by atoms with Crippen LogP contribution in [0.25, 0.3) is 0 Å². The van der Waals surface area contributed by atoms with Crippen molar-refractivity contribution in [1.82, 2.24) is 5.32 Å². The van der Waals surface area contributed by atoms with Gasteiger partial charge in [0.05, 0.1) is 10.6 Å². The molecule has 0 spiro atoms. The first-order valence-electron chi connectivity index (χ1n) is 7.62. The van der Waals surface area contributed by atoms with Crippen LogP contribution in [0.4, 0.5) is 14.5 Å². The summed E-state index contributed by atoms with van der Waals surface area (Å²) in [5, 5.41) is 2.30. The summed E-state index contributed by atoms with van der Waals surface area (Å²) in [6, 6.07) is 8.85. The maximum absolute atomic E-state index is 13.2. The van der Waals surface area contributed by atoms with Crippen LogP contribution in [0.3, 0.4) is 0 Å². The van der Waals surface area contributed by atoms with Gasteiger partial charge in [0.15, 0.2) is 18.2 Å². The van der Waals surface area contributed by atoms with Gasteiger partial charge in [-0.15, -0.1) is 0 Å². The lowest BCUT2D eigenvalue weighted by Gasteiger charge is -2.13. The minimum atomic E-state index is -1.23. The number of nitrogens with zero attached hydrogens (tertiary/aromatic N) is 1. The van der Waals surface area contributed by atoms with Gasteiger partial charge in [-0.05, 0) is 29.8 Å². The third-order valence-electron chi connectivity index (χ3n) is 3.51. The SMILES string of the molecule is CN(C)c1ccc(CNC(=O)COC(=O)c2cc(F)c(F)cc2Cl)cc1. The Hall–Kier alpha value is -2.67. The highest BCUT2D eigenvalue weighted by Crippen LogP contribution is 2.20. The second kappa shape index (κ2) is 8.62. The van der Waals surface area contributed by atoms with Crippen LogP contribution in [-0.2, 0) is 16.1 Å². The molecule has 0 bridgehead atoms. The van der Waals surface area contributed by atoms with Gasteiger partial charge in [-0.1, -0.05) is 23.7 Å². The molecule has 1 amide bonds. The second-order valence-corrected chi connectivity index (χ2v) is 6.07. The minimum Gasteiger partial charge on any atom is -0.452 e. The van der Waals surface area contributed by atoms with Gasteiger partial charge >= 0.3 is 5.97 Å². The molecule has 0 radical (unpaired) electrons. The number of nitrogens with one attached hydrogen (secondary N) is 1. The van der Waals surface area contributed by atoms with Crippen molar-refractivity contribution in [1.29, 1.82) is 0 Å². The van der Waals surface area contributed by atoms with Crippen LogP contribution >= 0.6 is 11.6 Å². The summed E-state index contributed by atoms with van der Waals surface area (Å²) in [6.45, 7) is -0.306. The van der Waals surface area contributed by atoms with Crippen LogP contribution in [0.2, 0.25) is 5.02 Å². The van der Waals surface area contributed by atoms with E-state index in [0.717, 1.165) is 11.3 Å². The summed E-state index contributed by atoms with van der Waals surface area (Å²) in [5.74, 6) is -3.95. The molecule has 2 aromatic carbocycles. The summed E-state index contributed by atoms with van der Waals surface area (Å²) in [6.07, 6.45) is 0. The number of hydrogen-bond donors (Lipinski definition) is 1. The number of benzene rings is 2. The van der Waals surface area contributed by atoms with Crippen LogP contribution in [-0.4, -0.2) is 32.6 Å². The summed E-state index contributed by atoms with van der Waals surface area (Å²) in [5.41, 5.74) is 1.55. The average molecular weight is 383 g/mol. The Morgan fingerprint density at radius 3 is 2.35 bits per heavy atom. The maximum atomic E-state index is 13.2. The monoisotopic (exact) mass is 382 g/mol. The highest BCUT2D eigenvalue weighted by Gasteiger charge is 2.17. The van der Waals surface area contributed by atoms with Crippen LogP contribution < -0.4 is 10.2 Å². The molecule has 0 aliphatic rings. The lowest BCUT2D eigenvalue weighted by atomic mass is 10.2.